The Labute approximate surface area is 92.2 Å². The van der Waals surface area contributed by atoms with E-state index in [2.05, 4.69) is 4.74 Å². The van der Waals surface area contributed by atoms with Gasteiger partial charge in [-0.25, -0.2) is 0 Å². The second-order valence-corrected chi connectivity index (χ2v) is 4.36. The van der Waals surface area contributed by atoms with Gasteiger partial charge in [0.05, 0.1) is 22.5 Å². The van der Waals surface area contributed by atoms with Crippen LogP contribution in [0.3, 0.4) is 0 Å². The highest BCUT2D eigenvalue weighted by atomic mass is 32.2. The van der Waals surface area contributed by atoms with Crippen LogP contribution in [0, 0.1) is 0 Å². The molecule has 0 aromatic carbocycles. The number of imide groups is 1. The molecule has 1 unspecified atom stereocenters. The first-order chi connectivity index (χ1) is 7.85. The van der Waals surface area contributed by atoms with Gasteiger partial charge in [-0.15, -0.1) is 11.8 Å². The Bertz CT molecular complexity index is 308. The van der Waals surface area contributed by atoms with Crippen LogP contribution in [-0.4, -0.2) is 47.9 Å². The van der Waals surface area contributed by atoms with Crippen LogP contribution in [0.15, 0.2) is 0 Å². The van der Waals surface area contributed by atoms with Crippen LogP contribution < -0.4 is 0 Å². The average Bonchev–Trinajstić information content (AvgIpc) is 2.44. The first-order valence-corrected chi connectivity index (χ1v) is 5.50. The summed E-state index contributed by atoms with van der Waals surface area (Å²) in [5.41, 5.74) is 0. The van der Waals surface area contributed by atoms with Gasteiger partial charge in [0.15, 0.2) is 0 Å². The van der Waals surface area contributed by atoms with Crippen molar-refractivity contribution in [2.45, 2.75) is 18.6 Å². The van der Waals surface area contributed by atoms with Crippen LogP contribution >= 0.6 is 11.8 Å². The summed E-state index contributed by atoms with van der Waals surface area (Å²) in [5.74, 6) is 0.273. The van der Waals surface area contributed by atoms with Gasteiger partial charge in [-0.1, -0.05) is 6.92 Å². The Morgan fingerprint density at radius 3 is 3.14 bits per heavy atom. The molecule has 0 aromatic heterocycles. The lowest BCUT2D eigenvalue weighted by molar-refractivity contribution is -0.138. The highest BCUT2D eigenvalue weighted by Crippen LogP contribution is 2.24. The number of methoxy groups -OCH3 is 1. The van der Waals surface area contributed by atoms with Crippen LogP contribution in [0.2, 0.25) is 0 Å². The molecule has 1 rings (SSSR count). The van der Waals surface area contributed by atoms with Crippen molar-refractivity contribution in [3.8, 4) is 0 Å². The standard InChI is InChI=1S/C9H15NO3S/c1-3-14-7-6-8(11)10(9(7)12)4-5-13-2/h7H,3-6H2,1-2H3/i2T3. The van der Waals surface area contributed by atoms with Crippen molar-refractivity contribution in [2.75, 3.05) is 25.9 Å². The minimum absolute atomic E-state index is 0.0107. The fourth-order valence-corrected chi connectivity index (χ4v) is 2.29. The number of carbonyl (C=O) groups is 2. The molecule has 14 heavy (non-hydrogen) atoms. The average molecular weight is 223 g/mol. The molecule has 4 nitrogen and oxygen atoms in total. The van der Waals surface area contributed by atoms with Gasteiger partial charge >= 0.3 is 0 Å². The van der Waals surface area contributed by atoms with E-state index in [0.29, 0.717) is 0 Å². The maximum Gasteiger partial charge on any atom is 0.242 e. The zero-order valence-corrected chi connectivity index (χ0v) is 8.80. The van der Waals surface area contributed by atoms with Gasteiger partial charge in [-0.3, -0.25) is 14.5 Å². The minimum Gasteiger partial charge on any atom is -0.383 e. The van der Waals surface area contributed by atoms with Crippen LogP contribution in [0.5, 0.6) is 0 Å². The zero-order valence-electron chi connectivity index (χ0n) is 11.0. The van der Waals surface area contributed by atoms with Crippen LogP contribution in [0.1, 0.15) is 17.5 Å². The molecular formula is C9H15NO3S. The van der Waals surface area contributed by atoms with Crippen molar-refractivity contribution in [3.05, 3.63) is 0 Å². The Kier molecular flexibility index (Phi) is 2.95. The number of hydrogen-bond donors (Lipinski definition) is 0. The lowest BCUT2D eigenvalue weighted by Crippen LogP contribution is -2.34. The van der Waals surface area contributed by atoms with Gasteiger partial charge in [-0.2, -0.15) is 0 Å². The number of likely N-dealkylation sites (tertiary alicyclic amines) is 1. The monoisotopic (exact) mass is 223 g/mol. The molecule has 0 aromatic rings. The normalized spacial score (nSPS) is 26.2. The van der Waals surface area contributed by atoms with E-state index in [1.807, 2.05) is 6.92 Å². The summed E-state index contributed by atoms with van der Waals surface area (Å²) in [4.78, 5) is 24.4. The number of thioether (sulfide) groups is 1. The molecular weight excluding hydrogens is 202 g/mol. The Balaban J connectivity index is 2.43. The van der Waals surface area contributed by atoms with E-state index in [-0.39, 0.29) is 36.6 Å². The largest absolute Gasteiger partial charge is 0.383 e. The number of nitrogens with zero attached hydrogens (tertiary/aromatic N) is 1. The highest BCUT2D eigenvalue weighted by molar-refractivity contribution is 8.00. The van der Waals surface area contributed by atoms with Crippen LogP contribution in [0.25, 0.3) is 0 Å². The van der Waals surface area contributed by atoms with Crippen LogP contribution in [-0.2, 0) is 14.3 Å². The summed E-state index contributed by atoms with van der Waals surface area (Å²) >= 11 is 1.43. The van der Waals surface area contributed by atoms with Crippen molar-refractivity contribution in [3.63, 3.8) is 0 Å². The van der Waals surface area contributed by atoms with E-state index >= 15 is 0 Å². The summed E-state index contributed by atoms with van der Waals surface area (Å²) in [6.45, 7) is 1.77. The molecule has 2 amide bonds. The quantitative estimate of drug-likeness (QED) is 0.637. The van der Waals surface area contributed by atoms with E-state index < -0.39 is 7.04 Å². The Morgan fingerprint density at radius 1 is 1.71 bits per heavy atom. The molecule has 1 heterocycles. The third-order valence-corrected chi connectivity index (χ3v) is 3.09. The molecule has 80 valence electrons. The second kappa shape index (κ2) is 5.36. The summed E-state index contributed by atoms with van der Waals surface area (Å²) < 4.78 is 25.0. The molecule has 0 bridgehead atoms. The van der Waals surface area contributed by atoms with Crippen molar-refractivity contribution in [1.82, 2.24) is 4.90 Å². The predicted molar refractivity (Wildman–Crippen MR) is 55.1 cm³/mol. The van der Waals surface area contributed by atoms with Gasteiger partial charge in [0.2, 0.25) is 11.8 Å². The third kappa shape index (κ3) is 2.48. The fourth-order valence-electron chi connectivity index (χ4n) is 1.36. The molecule has 5 heteroatoms. The third-order valence-electron chi connectivity index (χ3n) is 1.99. The van der Waals surface area contributed by atoms with Gasteiger partial charge in [0.25, 0.3) is 0 Å². The Morgan fingerprint density at radius 2 is 2.50 bits per heavy atom. The van der Waals surface area contributed by atoms with Crippen molar-refractivity contribution < 1.29 is 18.4 Å². The molecule has 1 aliphatic heterocycles. The first kappa shape index (κ1) is 7.70. The van der Waals surface area contributed by atoms with Gasteiger partial charge in [0.1, 0.15) is 0 Å². The van der Waals surface area contributed by atoms with Gasteiger partial charge in [-0.05, 0) is 5.75 Å². The highest BCUT2D eigenvalue weighted by Gasteiger charge is 2.37. The van der Waals surface area contributed by atoms with E-state index in [1.165, 1.54) is 11.8 Å². The summed E-state index contributed by atoms with van der Waals surface area (Å²) in [6, 6.07) is 0. The summed E-state index contributed by atoms with van der Waals surface area (Å²) in [7, 11) is -2.48. The first-order valence-electron chi connectivity index (χ1n) is 5.95. The minimum atomic E-state index is -2.48. The number of rotatable bonds is 5. The molecule has 1 aliphatic rings. The fraction of sp³-hybridized carbons (Fsp3) is 0.778. The van der Waals surface area contributed by atoms with Crippen molar-refractivity contribution in [1.29, 1.82) is 0 Å². The van der Waals surface area contributed by atoms with E-state index in [1.54, 1.807) is 0 Å². The molecule has 1 fully saturated rings. The van der Waals surface area contributed by atoms with E-state index in [0.717, 1.165) is 10.7 Å². The molecule has 0 radical (unpaired) electrons. The number of amides is 2. The lowest BCUT2D eigenvalue weighted by Gasteiger charge is -2.13. The molecule has 0 spiro atoms. The molecule has 1 saturated heterocycles. The number of hydrogen-bond acceptors (Lipinski definition) is 4. The SMILES string of the molecule is [3H]C([3H])([3H])OCCN1C(=O)CC(SCC)C1=O. The maximum atomic E-state index is 11.7. The molecule has 0 aliphatic carbocycles. The molecule has 0 saturated carbocycles. The van der Waals surface area contributed by atoms with Crippen LogP contribution in [0.4, 0.5) is 0 Å². The van der Waals surface area contributed by atoms with Gasteiger partial charge < -0.3 is 4.74 Å². The van der Waals surface area contributed by atoms with E-state index in [9.17, 15) is 9.59 Å². The number of carbonyl (C=O) groups excluding carboxylic acids is 2. The van der Waals surface area contributed by atoms with Crippen molar-refractivity contribution >= 4 is 23.6 Å². The summed E-state index contributed by atoms with van der Waals surface area (Å²) in [6.07, 6.45) is 0.200. The topological polar surface area (TPSA) is 46.6 Å². The zero-order chi connectivity index (χ0) is 13.1. The molecule has 0 N–H and O–H groups in total. The maximum absolute atomic E-state index is 11.7. The predicted octanol–water partition coefficient (Wildman–Crippen LogP) is 0.513. The number of ether oxygens (including phenoxy) is 1. The molecule has 1 atom stereocenters. The van der Waals surface area contributed by atoms with E-state index in [4.69, 9.17) is 4.11 Å². The lowest BCUT2D eigenvalue weighted by atomic mass is 10.4. The van der Waals surface area contributed by atoms with Crippen molar-refractivity contribution in [2.24, 2.45) is 0 Å². The second-order valence-electron chi connectivity index (χ2n) is 2.88. The van der Waals surface area contributed by atoms with Gasteiger partial charge in [0, 0.05) is 13.5 Å². The Hall–Kier alpha value is -0.550. The summed E-state index contributed by atoms with van der Waals surface area (Å²) in [5, 5.41) is -0.319. The smallest absolute Gasteiger partial charge is 0.242 e.